The van der Waals surface area contributed by atoms with Crippen molar-refractivity contribution in [3.8, 4) is 0 Å². The minimum Gasteiger partial charge on any atom is -0.299 e. The third kappa shape index (κ3) is 9.04. The van der Waals surface area contributed by atoms with Gasteiger partial charge >= 0.3 is 0 Å². The Morgan fingerprint density at radius 1 is 1.00 bits per heavy atom. The van der Waals surface area contributed by atoms with Crippen LogP contribution in [-0.4, -0.2) is 21.0 Å². The van der Waals surface area contributed by atoms with Crippen molar-refractivity contribution in [2.75, 3.05) is 5.75 Å². The van der Waals surface area contributed by atoms with Crippen molar-refractivity contribution in [3.05, 3.63) is 35.4 Å². The van der Waals surface area contributed by atoms with Gasteiger partial charge in [-0.1, -0.05) is 57.9 Å². The van der Waals surface area contributed by atoms with Crippen LogP contribution in [0.25, 0.3) is 0 Å². The molecule has 0 aliphatic carbocycles. The molecule has 1 atom stereocenters. The lowest BCUT2D eigenvalue weighted by molar-refractivity contribution is -0.118. The predicted octanol–water partition coefficient (Wildman–Crippen LogP) is 4.86. The maximum absolute atomic E-state index is 12.0. The van der Waals surface area contributed by atoms with Crippen LogP contribution in [-0.2, 0) is 28.4 Å². The number of hydrogen-bond donors (Lipinski definition) is 0. The van der Waals surface area contributed by atoms with E-state index < -0.39 is 10.8 Å². The number of Topliss-reactive ketones (excluding diaryl/α,β-unsaturated/α-hetero) is 1. The molecule has 1 unspecified atom stereocenters. The van der Waals surface area contributed by atoms with Gasteiger partial charge in [0.15, 0.2) is 0 Å². The molecular formula is C20H32O2S. The summed E-state index contributed by atoms with van der Waals surface area (Å²) >= 11 is 0. The Labute approximate surface area is 144 Å². The summed E-state index contributed by atoms with van der Waals surface area (Å²) in [5.74, 6) is 1.08. The molecule has 0 aliphatic heterocycles. The summed E-state index contributed by atoms with van der Waals surface area (Å²) < 4.78 is 11.6. The van der Waals surface area contributed by atoms with Gasteiger partial charge in [0.25, 0.3) is 0 Å². The number of ketones is 1. The van der Waals surface area contributed by atoms with Crippen molar-refractivity contribution in [1.82, 2.24) is 0 Å². The third-order valence-corrected chi connectivity index (χ3v) is 5.81. The second-order valence-electron chi connectivity index (χ2n) is 6.58. The molecule has 130 valence electrons. The summed E-state index contributed by atoms with van der Waals surface area (Å²) in [4.78, 5) is 12.0. The van der Waals surface area contributed by atoms with Crippen molar-refractivity contribution in [3.63, 3.8) is 0 Å². The van der Waals surface area contributed by atoms with Crippen LogP contribution in [0.4, 0.5) is 0 Å². The molecular weight excluding hydrogens is 304 g/mol. The van der Waals surface area contributed by atoms with Crippen LogP contribution in [0.15, 0.2) is 24.3 Å². The van der Waals surface area contributed by atoms with Crippen molar-refractivity contribution in [2.45, 2.75) is 77.4 Å². The fourth-order valence-electron chi connectivity index (χ4n) is 2.50. The molecule has 0 aliphatic rings. The normalized spacial score (nSPS) is 12.5. The Morgan fingerprint density at radius 3 is 2.26 bits per heavy atom. The Hall–Kier alpha value is -0.960. The van der Waals surface area contributed by atoms with E-state index in [1.54, 1.807) is 0 Å². The first-order chi connectivity index (χ1) is 11.0. The summed E-state index contributed by atoms with van der Waals surface area (Å²) in [5, 5.41) is 0.247. The van der Waals surface area contributed by atoms with Gasteiger partial charge < -0.3 is 0 Å². The van der Waals surface area contributed by atoms with Gasteiger partial charge in [-0.15, -0.1) is 0 Å². The number of hydrogen-bond acceptors (Lipinski definition) is 2. The van der Waals surface area contributed by atoms with E-state index in [1.807, 2.05) is 13.8 Å². The lowest BCUT2D eigenvalue weighted by atomic mass is 10.0. The number of unbranched alkanes of at least 4 members (excludes halogenated alkanes) is 3. The molecule has 0 bridgehead atoms. The largest absolute Gasteiger partial charge is 0.299 e. The smallest absolute Gasteiger partial charge is 0.137 e. The highest BCUT2D eigenvalue weighted by molar-refractivity contribution is 7.85. The number of aryl methyl sites for hydroxylation is 1. The van der Waals surface area contributed by atoms with Crippen molar-refractivity contribution in [2.24, 2.45) is 0 Å². The lowest BCUT2D eigenvalue weighted by Gasteiger charge is -2.06. The Balaban J connectivity index is 2.19. The molecule has 1 aromatic carbocycles. The van der Waals surface area contributed by atoms with E-state index in [2.05, 4.69) is 31.2 Å². The minimum absolute atomic E-state index is 0.247. The molecule has 0 N–H and O–H groups in total. The molecule has 0 spiro atoms. The number of rotatable bonds is 12. The van der Waals surface area contributed by atoms with Gasteiger partial charge in [0.05, 0.1) is 0 Å². The zero-order chi connectivity index (χ0) is 17.1. The van der Waals surface area contributed by atoms with Gasteiger partial charge in [0.2, 0.25) is 0 Å². The van der Waals surface area contributed by atoms with Crippen LogP contribution in [0, 0.1) is 0 Å². The topological polar surface area (TPSA) is 34.1 Å². The Morgan fingerprint density at radius 2 is 1.65 bits per heavy atom. The SMILES string of the molecule is CCCCc1ccc(CC(=O)CCCCCS(=O)C(C)C)cc1. The van der Waals surface area contributed by atoms with Crippen LogP contribution >= 0.6 is 0 Å². The minimum atomic E-state index is -0.707. The average molecular weight is 337 g/mol. The molecule has 0 fully saturated rings. The second-order valence-corrected chi connectivity index (χ2v) is 8.69. The fourth-order valence-corrected chi connectivity index (χ4v) is 3.46. The average Bonchev–Trinajstić information content (AvgIpc) is 2.53. The fraction of sp³-hybridized carbons (Fsp3) is 0.650. The highest BCUT2D eigenvalue weighted by Crippen LogP contribution is 2.11. The van der Waals surface area contributed by atoms with Crippen molar-refractivity contribution < 1.29 is 9.00 Å². The molecule has 0 amide bonds. The van der Waals surface area contributed by atoms with Gasteiger partial charge in [-0.05, 0) is 36.8 Å². The standard InChI is InChI=1S/C20H32O2S/c1-4-5-9-18-11-13-19(14-12-18)16-20(21)10-7-6-8-15-23(22)17(2)3/h11-14,17H,4-10,15-16H2,1-3H3. The predicted molar refractivity (Wildman–Crippen MR) is 100 cm³/mol. The summed E-state index contributed by atoms with van der Waals surface area (Å²) in [6.45, 7) is 6.19. The Kier molecular flexibility index (Phi) is 10.1. The molecule has 0 radical (unpaired) electrons. The van der Waals surface area contributed by atoms with Crippen LogP contribution in [0.5, 0.6) is 0 Å². The van der Waals surface area contributed by atoms with E-state index >= 15 is 0 Å². The summed E-state index contributed by atoms with van der Waals surface area (Å²) in [7, 11) is -0.707. The van der Waals surface area contributed by atoms with E-state index in [0.717, 1.165) is 37.0 Å². The van der Waals surface area contributed by atoms with Crippen molar-refractivity contribution >= 4 is 16.6 Å². The lowest BCUT2D eigenvalue weighted by Crippen LogP contribution is -2.09. The Bertz CT molecular complexity index is 477. The highest BCUT2D eigenvalue weighted by atomic mass is 32.2. The molecule has 3 heteroatoms. The zero-order valence-electron chi connectivity index (χ0n) is 15.0. The van der Waals surface area contributed by atoms with Crippen LogP contribution < -0.4 is 0 Å². The molecule has 2 nitrogen and oxygen atoms in total. The van der Waals surface area contributed by atoms with Gasteiger partial charge in [0.1, 0.15) is 5.78 Å². The van der Waals surface area contributed by atoms with Gasteiger partial charge in [-0.2, -0.15) is 0 Å². The highest BCUT2D eigenvalue weighted by Gasteiger charge is 2.06. The van der Waals surface area contributed by atoms with E-state index in [4.69, 9.17) is 0 Å². The second kappa shape index (κ2) is 11.6. The van der Waals surface area contributed by atoms with Crippen LogP contribution in [0.2, 0.25) is 0 Å². The summed E-state index contributed by atoms with van der Waals surface area (Å²) in [6, 6.07) is 8.49. The molecule has 0 saturated carbocycles. The van der Waals surface area contributed by atoms with E-state index in [-0.39, 0.29) is 5.25 Å². The monoisotopic (exact) mass is 336 g/mol. The van der Waals surface area contributed by atoms with Gasteiger partial charge in [-0.25, -0.2) is 0 Å². The van der Waals surface area contributed by atoms with E-state index in [9.17, 15) is 9.00 Å². The molecule has 0 heterocycles. The molecule has 23 heavy (non-hydrogen) atoms. The number of carbonyl (C=O) groups is 1. The molecule has 1 aromatic rings. The summed E-state index contributed by atoms with van der Waals surface area (Å²) in [5.41, 5.74) is 2.48. The zero-order valence-corrected chi connectivity index (χ0v) is 15.8. The van der Waals surface area contributed by atoms with Crippen molar-refractivity contribution in [1.29, 1.82) is 0 Å². The molecule has 1 rings (SSSR count). The molecule has 0 saturated heterocycles. The van der Waals surface area contributed by atoms with Gasteiger partial charge in [0, 0.05) is 34.6 Å². The van der Waals surface area contributed by atoms with Gasteiger partial charge in [-0.3, -0.25) is 9.00 Å². The summed E-state index contributed by atoms with van der Waals surface area (Å²) in [6.07, 6.45) is 7.64. The maximum atomic E-state index is 12.0. The van der Waals surface area contributed by atoms with E-state index in [0.29, 0.717) is 18.6 Å². The maximum Gasteiger partial charge on any atom is 0.137 e. The first-order valence-electron chi connectivity index (χ1n) is 8.99. The first-order valence-corrected chi connectivity index (χ1v) is 10.4. The third-order valence-electron chi connectivity index (χ3n) is 4.07. The van der Waals surface area contributed by atoms with Crippen LogP contribution in [0.1, 0.15) is 70.4 Å². The number of carbonyl (C=O) groups excluding carboxylic acids is 1. The number of benzene rings is 1. The first kappa shape index (κ1) is 20.1. The van der Waals surface area contributed by atoms with Crippen LogP contribution in [0.3, 0.4) is 0 Å². The molecule has 0 aromatic heterocycles. The quantitative estimate of drug-likeness (QED) is 0.511. The van der Waals surface area contributed by atoms with E-state index in [1.165, 1.54) is 18.4 Å².